The number of phenolic OH excluding ortho intramolecular Hbond substituents is 1. The number of rotatable bonds is 0. The number of hydrogen-bond acceptors (Lipinski definition) is 3. The third-order valence-corrected chi connectivity index (χ3v) is 2.97. The standard InChI is InChI=1S/C12H16O3/c1-7-4-10-8(5-9(7)13)6-11(14)12(2,3)15-10/h4-5,11,13-14H,6H2,1-3H3. The van der Waals surface area contributed by atoms with Crippen molar-refractivity contribution < 1.29 is 14.9 Å². The van der Waals surface area contributed by atoms with Crippen molar-refractivity contribution in [2.75, 3.05) is 0 Å². The lowest BCUT2D eigenvalue weighted by atomic mass is 9.90. The summed E-state index contributed by atoms with van der Waals surface area (Å²) in [4.78, 5) is 0. The van der Waals surface area contributed by atoms with Gasteiger partial charge < -0.3 is 14.9 Å². The van der Waals surface area contributed by atoms with Crippen molar-refractivity contribution in [3.8, 4) is 11.5 Å². The molecule has 3 heteroatoms. The Morgan fingerprint density at radius 2 is 2.07 bits per heavy atom. The molecule has 0 radical (unpaired) electrons. The van der Waals surface area contributed by atoms with Crippen molar-refractivity contribution in [3.05, 3.63) is 23.3 Å². The van der Waals surface area contributed by atoms with Crippen LogP contribution in [0.2, 0.25) is 0 Å². The van der Waals surface area contributed by atoms with E-state index < -0.39 is 11.7 Å². The van der Waals surface area contributed by atoms with E-state index in [4.69, 9.17) is 4.74 Å². The molecule has 0 aliphatic carbocycles. The van der Waals surface area contributed by atoms with Crippen molar-refractivity contribution in [2.45, 2.75) is 38.9 Å². The molecule has 0 amide bonds. The predicted octanol–water partition coefficient (Wildman–Crippen LogP) is 1.78. The topological polar surface area (TPSA) is 49.7 Å². The van der Waals surface area contributed by atoms with E-state index in [0.29, 0.717) is 6.42 Å². The highest BCUT2D eigenvalue weighted by Crippen LogP contribution is 2.36. The first-order valence-corrected chi connectivity index (χ1v) is 5.10. The maximum Gasteiger partial charge on any atom is 0.129 e. The summed E-state index contributed by atoms with van der Waals surface area (Å²) in [6.45, 7) is 5.56. The molecule has 0 saturated carbocycles. The van der Waals surface area contributed by atoms with E-state index in [1.54, 1.807) is 6.07 Å². The minimum Gasteiger partial charge on any atom is -0.508 e. The molecule has 0 bridgehead atoms. The SMILES string of the molecule is Cc1cc2c(cc1O)CC(O)C(C)(C)O2. The quantitative estimate of drug-likeness (QED) is 0.683. The lowest BCUT2D eigenvalue weighted by molar-refractivity contribution is -0.0412. The minimum atomic E-state index is -0.559. The second-order valence-electron chi connectivity index (χ2n) is 4.67. The molecule has 0 spiro atoms. The van der Waals surface area contributed by atoms with Crippen molar-refractivity contribution >= 4 is 0 Å². The van der Waals surface area contributed by atoms with Crippen LogP contribution in [0.5, 0.6) is 11.5 Å². The summed E-state index contributed by atoms with van der Waals surface area (Å²) in [5.41, 5.74) is 1.10. The van der Waals surface area contributed by atoms with Crippen LogP contribution in [0.3, 0.4) is 0 Å². The minimum absolute atomic E-state index is 0.254. The molecule has 0 fully saturated rings. The van der Waals surface area contributed by atoms with E-state index in [0.717, 1.165) is 16.9 Å². The molecule has 1 atom stereocenters. The summed E-state index contributed by atoms with van der Waals surface area (Å²) in [6, 6.07) is 3.49. The first-order valence-electron chi connectivity index (χ1n) is 5.10. The number of aliphatic hydroxyl groups excluding tert-OH is 1. The van der Waals surface area contributed by atoms with Crippen LogP contribution >= 0.6 is 0 Å². The monoisotopic (exact) mass is 208 g/mol. The fourth-order valence-electron chi connectivity index (χ4n) is 1.77. The van der Waals surface area contributed by atoms with Crippen LogP contribution in [0.4, 0.5) is 0 Å². The molecule has 82 valence electrons. The van der Waals surface area contributed by atoms with Gasteiger partial charge in [-0.25, -0.2) is 0 Å². The Morgan fingerprint density at radius 3 is 2.73 bits per heavy atom. The average Bonchev–Trinajstić information content (AvgIpc) is 2.11. The van der Waals surface area contributed by atoms with Crippen LogP contribution in [0.25, 0.3) is 0 Å². The molecule has 2 N–H and O–H groups in total. The summed E-state index contributed by atoms with van der Waals surface area (Å²) in [6.07, 6.45) is -0.0111. The van der Waals surface area contributed by atoms with Crippen LogP contribution < -0.4 is 4.74 Å². The molecule has 1 aromatic carbocycles. The number of ether oxygens (including phenoxy) is 1. The van der Waals surface area contributed by atoms with E-state index >= 15 is 0 Å². The number of aliphatic hydroxyl groups is 1. The van der Waals surface area contributed by atoms with Crippen LogP contribution in [0.15, 0.2) is 12.1 Å². The zero-order chi connectivity index (χ0) is 11.2. The summed E-state index contributed by atoms with van der Waals surface area (Å²) in [5, 5.41) is 19.4. The molecular formula is C12H16O3. The largest absolute Gasteiger partial charge is 0.508 e. The second-order valence-corrected chi connectivity index (χ2v) is 4.67. The summed E-state index contributed by atoms with van der Waals surface area (Å²) in [5.74, 6) is 1.02. The molecule has 1 aromatic rings. The number of aryl methyl sites for hydroxylation is 1. The molecule has 0 saturated heterocycles. The fourth-order valence-corrected chi connectivity index (χ4v) is 1.77. The van der Waals surface area contributed by atoms with Crippen LogP contribution in [-0.2, 0) is 6.42 Å². The van der Waals surface area contributed by atoms with E-state index in [1.165, 1.54) is 0 Å². The van der Waals surface area contributed by atoms with Gasteiger partial charge in [0.2, 0.25) is 0 Å². The molecule has 2 rings (SSSR count). The number of benzene rings is 1. The Hall–Kier alpha value is -1.22. The Kier molecular flexibility index (Phi) is 2.15. The fraction of sp³-hybridized carbons (Fsp3) is 0.500. The number of fused-ring (bicyclic) bond motifs is 1. The molecule has 15 heavy (non-hydrogen) atoms. The zero-order valence-corrected chi connectivity index (χ0v) is 9.24. The highest BCUT2D eigenvalue weighted by molar-refractivity contribution is 5.47. The van der Waals surface area contributed by atoms with Gasteiger partial charge in [-0.05, 0) is 38.5 Å². The molecule has 1 unspecified atom stereocenters. The zero-order valence-electron chi connectivity index (χ0n) is 9.24. The summed E-state index contributed by atoms with van der Waals surface area (Å²) < 4.78 is 5.71. The van der Waals surface area contributed by atoms with Gasteiger partial charge >= 0.3 is 0 Å². The van der Waals surface area contributed by atoms with Crippen molar-refractivity contribution in [2.24, 2.45) is 0 Å². The van der Waals surface area contributed by atoms with Gasteiger partial charge in [-0.1, -0.05) is 0 Å². The van der Waals surface area contributed by atoms with Gasteiger partial charge in [0.05, 0.1) is 6.10 Å². The highest BCUT2D eigenvalue weighted by atomic mass is 16.5. The lowest BCUT2D eigenvalue weighted by Gasteiger charge is -2.37. The molecule has 3 nitrogen and oxygen atoms in total. The summed E-state index contributed by atoms with van der Waals surface area (Å²) in [7, 11) is 0. The maximum atomic E-state index is 9.84. The third kappa shape index (κ3) is 1.67. The van der Waals surface area contributed by atoms with Crippen molar-refractivity contribution in [1.29, 1.82) is 0 Å². The average molecular weight is 208 g/mol. The maximum absolute atomic E-state index is 9.84. The van der Waals surface area contributed by atoms with Gasteiger partial charge in [0, 0.05) is 12.0 Å². The molecular weight excluding hydrogens is 192 g/mol. The molecule has 0 aromatic heterocycles. The van der Waals surface area contributed by atoms with E-state index in [2.05, 4.69) is 0 Å². The van der Waals surface area contributed by atoms with Gasteiger partial charge in [0.1, 0.15) is 17.1 Å². The lowest BCUT2D eigenvalue weighted by Crippen LogP contribution is -2.46. The molecule has 1 aliphatic heterocycles. The normalized spacial score (nSPS) is 23.1. The Bertz CT molecular complexity index is 396. The number of hydrogen-bond donors (Lipinski definition) is 2. The summed E-state index contributed by atoms with van der Waals surface area (Å²) >= 11 is 0. The van der Waals surface area contributed by atoms with E-state index in [1.807, 2.05) is 26.8 Å². The third-order valence-electron chi connectivity index (χ3n) is 2.97. The molecule has 1 heterocycles. The van der Waals surface area contributed by atoms with Crippen LogP contribution in [0, 0.1) is 6.92 Å². The van der Waals surface area contributed by atoms with Gasteiger partial charge in [-0.3, -0.25) is 0 Å². The van der Waals surface area contributed by atoms with E-state index in [-0.39, 0.29) is 5.75 Å². The van der Waals surface area contributed by atoms with Crippen LogP contribution in [0.1, 0.15) is 25.0 Å². The predicted molar refractivity (Wildman–Crippen MR) is 57.3 cm³/mol. The van der Waals surface area contributed by atoms with Crippen molar-refractivity contribution in [1.82, 2.24) is 0 Å². The first kappa shape index (κ1) is 10.3. The number of aromatic hydroxyl groups is 1. The Morgan fingerprint density at radius 1 is 1.40 bits per heavy atom. The van der Waals surface area contributed by atoms with Gasteiger partial charge in [0.15, 0.2) is 0 Å². The van der Waals surface area contributed by atoms with E-state index in [9.17, 15) is 10.2 Å². The Labute approximate surface area is 89.3 Å². The van der Waals surface area contributed by atoms with Gasteiger partial charge in [-0.2, -0.15) is 0 Å². The van der Waals surface area contributed by atoms with Crippen LogP contribution in [-0.4, -0.2) is 21.9 Å². The number of phenols is 1. The molecule has 1 aliphatic rings. The smallest absolute Gasteiger partial charge is 0.129 e. The van der Waals surface area contributed by atoms with Gasteiger partial charge in [-0.15, -0.1) is 0 Å². The Balaban J connectivity index is 2.46. The first-order chi connectivity index (χ1) is 6.90. The van der Waals surface area contributed by atoms with Gasteiger partial charge in [0.25, 0.3) is 0 Å². The highest BCUT2D eigenvalue weighted by Gasteiger charge is 2.35. The van der Waals surface area contributed by atoms with Crippen molar-refractivity contribution in [3.63, 3.8) is 0 Å². The second kappa shape index (κ2) is 3.14.